The number of hydrogen-bond acceptors (Lipinski definition) is 5. The Labute approximate surface area is 212 Å². The molecule has 2 rings (SSSR count). The summed E-state index contributed by atoms with van der Waals surface area (Å²) in [5.41, 5.74) is 11.0. The number of allylic oxidation sites excluding steroid dienone is 2. The fraction of sp³-hybridized carbons (Fsp3) is 0.621. The molecule has 1 unspecified atom stereocenters. The highest BCUT2D eigenvalue weighted by Crippen LogP contribution is 2.21. The van der Waals surface area contributed by atoms with Crippen LogP contribution in [0.5, 0.6) is 0 Å². The normalized spacial score (nSPS) is 13.3. The van der Waals surface area contributed by atoms with E-state index in [0.717, 1.165) is 80.6 Å². The van der Waals surface area contributed by atoms with Gasteiger partial charge in [-0.1, -0.05) is 44.8 Å². The van der Waals surface area contributed by atoms with Gasteiger partial charge in [-0.3, -0.25) is 0 Å². The van der Waals surface area contributed by atoms with E-state index in [2.05, 4.69) is 42.7 Å². The molecule has 1 atom stereocenters. The molecule has 0 saturated carbocycles. The summed E-state index contributed by atoms with van der Waals surface area (Å²) in [6, 6.07) is 4.83. The second kappa shape index (κ2) is 15.6. The molecule has 2 aromatic rings. The maximum Gasteiger partial charge on any atom is 0.170 e. The zero-order valence-electron chi connectivity index (χ0n) is 22.5. The van der Waals surface area contributed by atoms with Gasteiger partial charge in [0, 0.05) is 35.4 Å². The SMILES string of the molecule is C=C(CCCCCC)NC(C)/C(CCN(CCC)CCCCc1noc2cc(F)ccc12)=C(/C)N. The predicted molar refractivity (Wildman–Crippen MR) is 146 cm³/mol. The van der Waals surface area contributed by atoms with Crippen molar-refractivity contribution in [2.24, 2.45) is 5.73 Å². The number of hydrogen-bond donors (Lipinski definition) is 2. The van der Waals surface area contributed by atoms with E-state index in [9.17, 15) is 4.39 Å². The number of nitrogens with one attached hydrogen (secondary N) is 1. The molecule has 0 spiro atoms. The Bertz CT molecular complexity index is 932. The number of unbranched alkanes of at least 4 members (excludes halogenated alkanes) is 4. The Hall–Kier alpha value is -2.34. The largest absolute Gasteiger partial charge is 0.402 e. The Morgan fingerprint density at radius 1 is 1.09 bits per heavy atom. The molecule has 5 nitrogen and oxygen atoms in total. The van der Waals surface area contributed by atoms with Gasteiger partial charge in [-0.2, -0.15) is 0 Å². The van der Waals surface area contributed by atoms with Crippen LogP contribution in [0.4, 0.5) is 4.39 Å². The standard InChI is InChI=1S/C29H47FN4O/c1-6-8-9-10-13-22(3)32-24(5)26(23(4)31)17-20-34(18-7-2)19-12-11-14-28-27-16-15-25(30)21-29(27)35-33-28/h15-16,21,24,32H,3,6-14,17-20,31H2,1-2,4-5H3/b26-23-. The van der Waals surface area contributed by atoms with Crippen LogP contribution in [0.2, 0.25) is 0 Å². The molecule has 0 fully saturated rings. The van der Waals surface area contributed by atoms with Gasteiger partial charge in [-0.15, -0.1) is 0 Å². The Kier molecular flexibility index (Phi) is 12.9. The molecular formula is C29H47FN4O. The molecule has 35 heavy (non-hydrogen) atoms. The van der Waals surface area contributed by atoms with E-state index >= 15 is 0 Å². The molecule has 0 aliphatic heterocycles. The van der Waals surface area contributed by atoms with Crippen molar-refractivity contribution in [3.05, 3.63) is 53.3 Å². The first kappa shape index (κ1) is 28.9. The van der Waals surface area contributed by atoms with Crippen molar-refractivity contribution in [2.45, 2.75) is 97.9 Å². The lowest BCUT2D eigenvalue weighted by Crippen LogP contribution is -2.32. The second-order valence-corrected chi connectivity index (χ2v) is 9.81. The molecule has 1 aromatic heterocycles. The van der Waals surface area contributed by atoms with Crippen molar-refractivity contribution in [1.29, 1.82) is 0 Å². The van der Waals surface area contributed by atoms with Crippen molar-refractivity contribution >= 4 is 11.0 Å². The van der Waals surface area contributed by atoms with Crippen LogP contribution in [0.15, 0.2) is 46.3 Å². The van der Waals surface area contributed by atoms with Gasteiger partial charge in [0.05, 0.1) is 5.69 Å². The lowest BCUT2D eigenvalue weighted by molar-refractivity contribution is 0.269. The summed E-state index contributed by atoms with van der Waals surface area (Å²) >= 11 is 0. The maximum atomic E-state index is 13.4. The number of nitrogens with zero attached hydrogens (tertiary/aromatic N) is 2. The molecular weight excluding hydrogens is 439 g/mol. The number of aromatic nitrogens is 1. The van der Waals surface area contributed by atoms with Crippen LogP contribution >= 0.6 is 0 Å². The Morgan fingerprint density at radius 3 is 2.60 bits per heavy atom. The zero-order valence-corrected chi connectivity index (χ0v) is 22.5. The fourth-order valence-electron chi connectivity index (χ4n) is 4.69. The van der Waals surface area contributed by atoms with Gasteiger partial charge in [0.2, 0.25) is 0 Å². The minimum atomic E-state index is -0.294. The lowest BCUT2D eigenvalue weighted by Gasteiger charge is -2.26. The van der Waals surface area contributed by atoms with Gasteiger partial charge < -0.3 is 20.5 Å². The first-order valence-electron chi connectivity index (χ1n) is 13.5. The monoisotopic (exact) mass is 486 g/mol. The van der Waals surface area contributed by atoms with Crippen LogP contribution < -0.4 is 11.1 Å². The van der Waals surface area contributed by atoms with Crippen LogP contribution in [0.3, 0.4) is 0 Å². The first-order valence-corrected chi connectivity index (χ1v) is 13.5. The minimum Gasteiger partial charge on any atom is -0.402 e. The molecule has 0 radical (unpaired) electrons. The molecule has 1 aromatic carbocycles. The smallest absolute Gasteiger partial charge is 0.170 e. The van der Waals surface area contributed by atoms with Gasteiger partial charge in [-0.05, 0) is 89.6 Å². The molecule has 0 saturated heterocycles. The highest BCUT2D eigenvalue weighted by molar-refractivity contribution is 5.79. The predicted octanol–water partition coefficient (Wildman–Crippen LogP) is 7.09. The number of nitrogens with two attached hydrogens (primary N) is 1. The Morgan fingerprint density at radius 2 is 1.89 bits per heavy atom. The number of aryl methyl sites for hydroxylation is 1. The number of halogens is 1. The van der Waals surface area contributed by atoms with E-state index in [0.29, 0.717) is 5.58 Å². The molecule has 0 bridgehead atoms. The molecule has 6 heteroatoms. The van der Waals surface area contributed by atoms with Crippen molar-refractivity contribution in [3.8, 4) is 0 Å². The van der Waals surface area contributed by atoms with E-state index in [1.807, 2.05) is 6.92 Å². The summed E-state index contributed by atoms with van der Waals surface area (Å²) in [4.78, 5) is 2.53. The Balaban J connectivity index is 1.80. The van der Waals surface area contributed by atoms with Crippen molar-refractivity contribution < 1.29 is 8.91 Å². The highest BCUT2D eigenvalue weighted by atomic mass is 19.1. The molecule has 0 aliphatic rings. The van der Waals surface area contributed by atoms with Gasteiger partial charge in [0.1, 0.15) is 5.82 Å². The highest BCUT2D eigenvalue weighted by Gasteiger charge is 2.14. The zero-order chi connectivity index (χ0) is 25.6. The number of rotatable bonds is 18. The van der Waals surface area contributed by atoms with Crippen molar-refractivity contribution in [3.63, 3.8) is 0 Å². The van der Waals surface area contributed by atoms with Gasteiger partial charge in [-0.25, -0.2) is 4.39 Å². The third kappa shape index (κ3) is 10.0. The molecule has 3 N–H and O–H groups in total. The summed E-state index contributed by atoms with van der Waals surface area (Å²) in [5, 5.41) is 8.65. The number of fused-ring (bicyclic) bond motifs is 1. The van der Waals surface area contributed by atoms with Crippen LogP contribution in [0, 0.1) is 5.82 Å². The quantitative estimate of drug-likeness (QED) is 0.220. The third-order valence-electron chi connectivity index (χ3n) is 6.67. The molecule has 1 heterocycles. The summed E-state index contributed by atoms with van der Waals surface area (Å²) in [6.45, 7) is 16.0. The summed E-state index contributed by atoms with van der Waals surface area (Å²) in [6.07, 6.45) is 11.1. The van der Waals surface area contributed by atoms with E-state index in [-0.39, 0.29) is 11.9 Å². The van der Waals surface area contributed by atoms with E-state index in [4.69, 9.17) is 10.3 Å². The molecule has 0 aliphatic carbocycles. The number of benzene rings is 1. The van der Waals surface area contributed by atoms with Crippen molar-refractivity contribution in [1.82, 2.24) is 15.4 Å². The lowest BCUT2D eigenvalue weighted by atomic mass is 10.0. The van der Waals surface area contributed by atoms with Crippen LogP contribution in [-0.2, 0) is 6.42 Å². The van der Waals surface area contributed by atoms with Gasteiger partial charge >= 0.3 is 0 Å². The summed E-state index contributed by atoms with van der Waals surface area (Å²) < 4.78 is 18.7. The van der Waals surface area contributed by atoms with Gasteiger partial charge in [0.25, 0.3) is 0 Å². The summed E-state index contributed by atoms with van der Waals surface area (Å²) in [7, 11) is 0. The van der Waals surface area contributed by atoms with Crippen molar-refractivity contribution in [2.75, 3.05) is 19.6 Å². The van der Waals surface area contributed by atoms with Crippen LogP contribution in [-0.4, -0.2) is 35.7 Å². The van der Waals surface area contributed by atoms with Gasteiger partial charge in [0.15, 0.2) is 5.58 Å². The maximum absolute atomic E-state index is 13.4. The fourth-order valence-corrected chi connectivity index (χ4v) is 4.69. The van der Waals surface area contributed by atoms with E-state index in [1.54, 1.807) is 6.07 Å². The summed E-state index contributed by atoms with van der Waals surface area (Å²) in [5.74, 6) is -0.294. The topological polar surface area (TPSA) is 67.3 Å². The second-order valence-electron chi connectivity index (χ2n) is 9.81. The average molecular weight is 487 g/mol. The third-order valence-corrected chi connectivity index (χ3v) is 6.67. The first-order chi connectivity index (χ1) is 16.8. The van der Waals surface area contributed by atoms with Crippen LogP contribution in [0.1, 0.15) is 91.2 Å². The minimum absolute atomic E-state index is 0.201. The molecule has 196 valence electrons. The van der Waals surface area contributed by atoms with E-state index in [1.165, 1.54) is 43.4 Å². The average Bonchev–Trinajstić information content (AvgIpc) is 3.21. The van der Waals surface area contributed by atoms with Crippen LogP contribution in [0.25, 0.3) is 11.0 Å². The molecule has 0 amide bonds. The van der Waals surface area contributed by atoms with E-state index < -0.39 is 0 Å².